The first-order valence-corrected chi connectivity index (χ1v) is 19.8. The molecule has 0 fully saturated rings. The van der Waals surface area contributed by atoms with Crippen LogP contribution in [0.1, 0.15) is 175 Å². The average Bonchev–Trinajstić information content (AvgIpc) is 3.08. The summed E-state index contributed by atoms with van der Waals surface area (Å²) in [5.74, 6) is -0.509. The monoisotopic (exact) mass is 671 g/mol. The van der Waals surface area contributed by atoms with Gasteiger partial charge in [-0.25, -0.2) is 0 Å². The van der Waals surface area contributed by atoms with Gasteiger partial charge in [-0.15, -0.1) is 0 Å². The Bertz CT molecular complexity index is 853. The quantitative estimate of drug-likeness (QED) is 0.0381. The largest absolute Gasteiger partial charge is 0.462 e. The van der Waals surface area contributed by atoms with Gasteiger partial charge in [0.1, 0.15) is 6.61 Å². The highest BCUT2D eigenvalue weighted by Crippen LogP contribution is 2.11. The first-order valence-electron chi connectivity index (χ1n) is 19.8. The maximum Gasteiger partial charge on any atom is 0.306 e. The molecule has 0 heterocycles. The molecule has 0 aromatic rings. The minimum Gasteiger partial charge on any atom is -0.462 e. The van der Waals surface area contributed by atoms with Crippen LogP contribution in [0.2, 0.25) is 0 Å². The van der Waals surface area contributed by atoms with E-state index in [1.165, 1.54) is 70.6 Å². The van der Waals surface area contributed by atoms with Gasteiger partial charge in [0.15, 0.2) is 6.10 Å². The van der Waals surface area contributed by atoms with Gasteiger partial charge in [0.2, 0.25) is 0 Å². The molecule has 0 amide bonds. The molecular formula is C43H74O5. The van der Waals surface area contributed by atoms with Crippen molar-refractivity contribution in [3.63, 3.8) is 0 Å². The number of ether oxygens (including phenoxy) is 3. The highest BCUT2D eigenvalue weighted by molar-refractivity contribution is 5.70. The van der Waals surface area contributed by atoms with Crippen LogP contribution in [-0.4, -0.2) is 37.9 Å². The Morgan fingerprint density at radius 1 is 0.479 bits per heavy atom. The lowest BCUT2D eigenvalue weighted by Crippen LogP contribution is -2.30. The molecule has 0 aromatic heterocycles. The third-order valence-corrected chi connectivity index (χ3v) is 8.05. The Balaban J connectivity index is 4.29. The van der Waals surface area contributed by atoms with E-state index >= 15 is 0 Å². The molecule has 0 radical (unpaired) electrons. The van der Waals surface area contributed by atoms with Crippen molar-refractivity contribution in [2.75, 3.05) is 19.8 Å². The summed E-state index contributed by atoms with van der Waals surface area (Å²) in [7, 11) is 0. The fourth-order valence-corrected chi connectivity index (χ4v) is 5.10. The van der Waals surface area contributed by atoms with Crippen molar-refractivity contribution in [1.82, 2.24) is 0 Å². The normalized spacial score (nSPS) is 12.8. The standard InChI is InChI=1S/C43H74O5/c1-4-7-10-13-16-18-20-22-24-26-28-30-33-36-42(44)47-40-41(39-46-38-35-32-15-12-9-6-3)48-43(45)37-34-31-29-27-25-23-21-19-17-14-11-8-5-2/h7,10,16,18-19,21-22,24,28,30,41H,4-6,8-9,11-15,17,20,23,25-27,29,31-40H2,1-3H3/b10-7-,18-16-,21-19-,24-22-,30-28-. The van der Waals surface area contributed by atoms with Crippen LogP contribution in [0.3, 0.4) is 0 Å². The van der Waals surface area contributed by atoms with E-state index in [9.17, 15) is 9.59 Å². The Morgan fingerprint density at radius 2 is 0.979 bits per heavy atom. The minimum atomic E-state index is -0.562. The van der Waals surface area contributed by atoms with Gasteiger partial charge in [-0.2, -0.15) is 0 Å². The molecule has 0 aromatic carbocycles. The molecule has 0 rings (SSSR count). The Kier molecular flexibility index (Phi) is 37.1. The van der Waals surface area contributed by atoms with E-state index in [4.69, 9.17) is 14.2 Å². The molecular weight excluding hydrogens is 596 g/mol. The Morgan fingerprint density at radius 3 is 1.60 bits per heavy atom. The molecule has 0 bridgehead atoms. The van der Waals surface area contributed by atoms with Gasteiger partial charge >= 0.3 is 11.9 Å². The number of allylic oxidation sites excluding steroid dienone is 10. The summed E-state index contributed by atoms with van der Waals surface area (Å²) in [6.07, 6.45) is 46.6. The summed E-state index contributed by atoms with van der Waals surface area (Å²) in [4.78, 5) is 25.0. The SMILES string of the molecule is CC/C=C\C/C=C\C/C=C\C/C=C\CCC(=O)OCC(COCCCCCCCC)OC(=O)CCCCCCC/C=C\CCCCCC. The van der Waals surface area contributed by atoms with Gasteiger partial charge in [0.25, 0.3) is 0 Å². The van der Waals surface area contributed by atoms with Gasteiger partial charge < -0.3 is 14.2 Å². The number of unbranched alkanes of at least 4 members (excludes halogenated alkanes) is 14. The molecule has 0 aliphatic carbocycles. The molecule has 0 aliphatic heterocycles. The van der Waals surface area contributed by atoms with Gasteiger partial charge in [-0.05, 0) is 70.6 Å². The number of hydrogen-bond acceptors (Lipinski definition) is 5. The van der Waals surface area contributed by atoms with Crippen molar-refractivity contribution < 1.29 is 23.8 Å². The fourth-order valence-electron chi connectivity index (χ4n) is 5.10. The summed E-state index contributed by atoms with van der Waals surface area (Å²) in [5, 5.41) is 0. The zero-order chi connectivity index (χ0) is 35.0. The minimum absolute atomic E-state index is 0.0431. The molecule has 0 saturated carbocycles. The topological polar surface area (TPSA) is 61.8 Å². The zero-order valence-electron chi connectivity index (χ0n) is 31.5. The molecule has 0 aliphatic rings. The third kappa shape index (κ3) is 36.4. The van der Waals surface area contributed by atoms with Gasteiger partial charge in [0, 0.05) is 19.4 Å². The van der Waals surface area contributed by atoms with E-state index in [1.54, 1.807) is 0 Å². The van der Waals surface area contributed by atoms with Crippen LogP contribution in [0.15, 0.2) is 60.8 Å². The molecule has 5 nitrogen and oxygen atoms in total. The van der Waals surface area contributed by atoms with Crippen molar-refractivity contribution in [2.45, 2.75) is 181 Å². The number of carbonyl (C=O) groups excluding carboxylic acids is 2. The molecule has 1 atom stereocenters. The molecule has 5 heteroatoms. The Labute approximate surface area is 296 Å². The van der Waals surface area contributed by atoms with E-state index in [1.807, 2.05) is 6.08 Å². The van der Waals surface area contributed by atoms with Crippen LogP contribution < -0.4 is 0 Å². The van der Waals surface area contributed by atoms with Gasteiger partial charge in [0.05, 0.1) is 6.61 Å². The van der Waals surface area contributed by atoms with Crippen molar-refractivity contribution in [3.05, 3.63) is 60.8 Å². The van der Waals surface area contributed by atoms with E-state index in [0.717, 1.165) is 64.2 Å². The van der Waals surface area contributed by atoms with Gasteiger partial charge in [-0.1, -0.05) is 152 Å². The fraction of sp³-hybridized carbons (Fsp3) is 0.721. The van der Waals surface area contributed by atoms with E-state index < -0.39 is 6.10 Å². The molecule has 0 saturated heterocycles. The number of rotatable bonds is 35. The van der Waals surface area contributed by atoms with E-state index in [2.05, 4.69) is 75.5 Å². The summed E-state index contributed by atoms with van der Waals surface area (Å²) in [6, 6.07) is 0. The average molecular weight is 671 g/mol. The zero-order valence-corrected chi connectivity index (χ0v) is 31.5. The second kappa shape index (κ2) is 39.0. The number of hydrogen-bond donors (Lipinski definition) is 0. The van der Waals surface area contributed by atoms with E-state index in [-0.39, 0.29) is 25.2 Å². The maximum absolute atomic E-state index is 12.6. The lowest BCUT2D eigenvalue weighted by molar-refractivity contribution is -0.162. The molecule has 48 heavy (non-hydrogen) atoms. The highest BCUT2D eigenvalue weighted by atomic mass is 16.6. The van der Waals surface area contributed by atoms with Gasteiger partial charge in [-0.3, -0.25) is 9.59 Å². The van der Waals surface area contributed by atoms with Crippen molar-refractivity contribution >= 4 is 11.9 Å². The molecule has 0 spiro atoms. The van der Waals surface area contributed by atoms with Crippen LogP contribution in [0, 0.1) is 0 Å². The first-order chi connectivity index (χ1) is 23.6. The lowest BCUT2D eigenvalue weighted by atomic mass is 10.1. The van der Waals surface area contributed by atoms with E-state index in [0.29, 0.717) is 25.9 Å². The van der Waals surface area contributed by atoms with Crippen LogP contribution >= 0.6 is 0 Å². The smallest absolute Gasteiger partial charge is 0.306 e. The number of esters is 2. The van der Waals surface area contributed by atoms with Crippen molar-refractivity contribution in [2.24, 2.45) is 0 Å². The summed E-state index contributed by atoms with van der Waals surface area (Å²) in [5.41, 5.74) is 0. The van der Waals surface area contributed by atoms with Crippen LogP contribution in [0.25, 0.3) is 0 Å². The van der Waals surface area contributed by atoms with Crippen LogP contribution in [0.5, 0.6) is 0 Å². The van der Waals surface area contributed by atoms with Crippen molar-refractivity contribution in [1.29, 1.82) is 0 Å². The lowest BCUT2D eigenvalue weighted by Gasteiger charge is -2.18. The second-order valence-corrected chi connectivity index (χ2v) is 12.8. The molecule has 276 valence electrons. The highest BCUT2D eigenvalue weighted by Gasteiger charge is 2.17. The first kappa shape index (κ1) is 45.6. The molecule has 0 N–H and O–H groups in total. The molecule has 1 unspecified atom stereocenters. The summed E-state index contributed by atoms with van der Waals surface area (Å²) < 4.78 is 17.0. The van der Waals surface area contributed by atoms with Crippen LogP contribution in [0.4, 0.5) is 0 Å². The maximum atomic E-state index is 12.6. The second-order valence-electron chi connectivity index (χ2n) is 12.8. The predicted octanol–water partition coefficient (Wildman–Crippen LogP) is 12.7. The predicted molar refractivity (Wildman–Crippen MR) is 205 cm³/mol. The summed E-state index contributed by atoms with van der Waals surface area (Å²) in [6.45, 7) is 7.55. The number of carbonyl (C=O) groups is 2. The third-order valence-electron chi connectivity index (χ3n) is 8.05. The van der Waals surface area contributed by atoms with Crippen LogP contribution in [-0.2, 0) is 23.8 Å². The summed E-state index contributed by atoms with van der Waals surface area (Å²) >= 11 is 0. The Hall–Kier alpha value is -2.40. The van der Waals surface area contributed by atoms with Crippen molar-refractivity contribution in [3.8, 4) is 0 Å².